The first-order valence-electron chi connectivity index (χ1n) is 8.63. The van der Waals surface area contributed by atoms with Crippen LogP contribution in [0.2, 0.25) is 0 Å². The summed E-state index contributed by atoms with van der Waals surface area (Å²) in [6.45, 7) is 1.01. The van der Waals surface area contributed by atoms with Gasteiger partial charge in [-0.05, 0) is 42.0 Å². The Hall–Kier alpha value is -3.06. The second-order valence-corrected chi connectivity index (χ2v) is 6.74. The van der Waals surface area contributed by atoms with Crippen LogP contribution in [0.1, 0.15) is 17.2 Å². The number of aliphatic hydroxyl groups is 1. The normalized spacial score (nSPS) is 19.1. The Morgan fingerprint density at radius 2 is 1.78 bits per heavy atom. The fourth-order valence-corrected chi connectivity index (χ4v) is 3.11. The molecule has 1 aromatic carbocycles. The number of hydrogen-bond acceptors (Lipinski definition) is 4. The third-order valence-electron chi connectivity index (χ3n) is 4.53. The number of halogens is 1. The Morgan fingerprint density at radius 1 is 1.15 bits per heavy atom. The van der Waals surface area contributed by atoms with Crippen molar-refractivity contribution in [3.05, 3.63) is 71.3 Å². The predicted molar refractivity (Wildman–Crippen MR) is 97.3 cm³/mol. The van der Waals surface area contributed by atoms with Crippen LogP contribution in [0.25, 0.3) is 5.76 Å². The second-order valence-electron chi connectivity index (χ2n) is 6.74. The van der Waals surface area contributed by atoms with Crippen LogP contribution < -0.4 is 4.90 Å². The highest BCUT2D eigenvalue weighted by atomic mass is 19.1. The van der Waals surface area contributed by atoms with E-state index < -0.39 is 23.5 Å². The lowest BCUT2D eigenvalue weighted by Gasteiger charge is -2.25. The van der Waals surface area contributed by atoms with Gasteiger partial charge in [-0.25, -0.2) is 4.39 Å². The zero-order valence-corrected chi connectivity index (χ0v) is 15.1. The van der Waals surface area contributed by atoms with Crippen LogP contribution in [0.3, 0.4) is 0 Å². The molecule has 1 aliphatic heterocycles. The summed E-state index contributed by atoms with van der Waals surface area (Å²) in [5, 5.41) is 10.8. The molecular formula is C20H21FN3O3+. The molecule has 0 saturated carbocycles. The van der Waals surface area contributed by atoms with Crippen molar-refractivity contribution in [3.63, 3.8) is 0 Å². The number of likely N-dealkylation sites (tertiary alicyclic amines) is 1. The highest BCUT2D eigenvalue weighted by Crippen LogP contribution is 2.38. The zero-order valence-electron chi connectivity index (χ0n) is 15.1. The van der Waals surface area contributed by atoms with Crippen LogP contribution in [-0.2, 0) is 9.59 Å². The molecule has 7 heteroatoms. The standard InChI is InChI=1S/C20H20FN3O3/c1-23(2)11-12-24-17(13-7-9-22-10-8-13)16(19(26)20(24)27)18(25)14-3-5-15(21)6-4-14/h3-10,17,25H,11-12H2,1-2H3/p+1/t17-/m1/s1. The van der Waals surface area contributed by atoms with E-state index in [1.807, 2.05) is 14.1 Å². The number of rotatable bonds is 5. The Morgan fingerprint density at radius 3 is 2.37 bits per heavy atom. The van der Waals surface area contributed by atoms with Crippen molar-refractivity contribution in [3.8, 4) is 0 Å². The number of carbonyl (C=O) groups is 2. The molecule has 1 atom stereocenters. The number of aliphatic hydroxyl groups excluding tert-OH is 1. The van der Waals surface area contributed by atoms with Crippen molar-refractivity contribution < 1.29 is 24.0 Å². The van der Waals surface area contributed by atoms with Crippen LogP contribution in [0, 0.1) is 5.82 Å². The monoisotopic (exact) mass is 370 g/mol. The molecule has 2 N–H and O–H groups in total. The number of quaternary nitrogens is 1. The fourth-order valence-electron chi connectivity index (χ4n) is 3.11. The topological polar surface area (TPSA) is 74.9 Å². The predicted octanol–water partition coefficient (Wildman–Crippen LogP) is 0.787. The number of likely N-dealkylation sites (N-methyl/N-ethyl adjacent to an activating group) is 1. The molecule has 0 radical (unpaired) electrons. The lowest BCUT2D eigenvalue weighted by atomic mass is 9.96. The van der Waals surface area contributed by atoms with Gasteiger partial charge in [0, 0.05) is 18.0 Å². The van der Waals surface area contributed by atoms with E-state index >= 15 is 0 Å². The van der Waals surface area contributed by atoms with Gasteiger partial charge in [0.05, 0.1) is 38.8 Å². The summed E-state index contributed by atoms with van der Waals surface area (Å²) in [6, 6.07) is 7.87. The Bertz CT molecular complexity index is 879. The minimum atomic E-state index is -0.743. The van der Waals surface area contributed by atoms with Gasteiger partial charge in [0.1, 0.15) is 11.6 Å². The van der Waals surface area contributed by atoms with Gasteiger partial charge in [-0.2, -0.15) is 0 Å². The number of hydrogen-bond donors (Lipinski definition) is 2. The summed E-state index contributed by atoms with van der Waals surface area (Å²) in [4.78, 5) is 31.9. The fraction of sp³-hybridized carbons (Fsp3) is 0.250. The van der Waals surface area contributed by atoms with Crippen molar-refractivity contribution >= 4 is 17.4 Å². The molecular weight excluding hydrogens is 349 g/mol. The number of benzene rings is 1. The van der Waals surface area contributed by atoms with E-state index in [0.29, 0.717) is 18.7 Å². The maximum Gasteiger partial charge on any atom is 0.295 e. The Labute approximate surface area is 156 Å². The first-order valence-corrected chi connectivity index (χ1v) is 8.63. The van der Waals surface area contributed by atoms with Crippen LogP contribution in [0.15, 0.2) is 54.4 Å². The number of ketones is 1. The van der Waals surface area contributed by atoms with Gasteiger partial charge < -0.3 is 14.9 Å². The minimum Gasteiger partial charge on any atom is -0.507 e. The number of pyridine rings is 1. The third-order valence-corrected chi connectivity index (χ3v) is 4.53. The lowest BCUT2D eigenvalue weighted by molar-refractivity contribution is -0.857. The molecule has 3 rings (SSSR count). The summed E-state index contributed by atoms with van der Waals surface area (Å²) in [6.07, 6.45) is 3.15. The molecule has 6 nitrogen and oxygen atoms in total. The Balaban J connectivity index is 2.12. The van der Waals surface area contributed by atoms with Gasteiger partial charge in [-0.1, -0.05) is 0 Å². The molecule has 0 spiro atoms. The van der Waals surface area contributed by atoms with Crippen LogP contribution in [0.4, 0.5) is 4.39 Å². The molecule has 140 valence electrons. The van der Waals surface area contributed by atoms with E-state index in [0.717, 1.165) is 4.90 Å². The number of nitrogens with zero attached hydrogens (tertiary/aromatic N) is 2. The zero-order chi connectivity index (χ0) is 19.6. The largest absolute Gasteiger partial charge is 0.507 e. The summed E-state index contributed by atoms with van der Waals surface area (Å²) < 4.78 is 13.2. The SMILES string of the molecule is C[NH+](C)CCN1C(=O)C(=O)C(=C(O)c2ccc(F)cc2)[C@H]1c1ccncc1. The molecule has 0 aliphatic carbocycles. The summed E-state index contributed by atoms with van der Waals surface area (Å²) >= 11 is 0. The lowest BCUT2D eigenvalue weighted by Crippen LogP contribution is -3.06. The van der Waals surface area contributed by atoms with E-state index in [9.17, 15) is 19.1 Å². The molecule has 1 aliphatic rings. The molecule has 27 heavy (non-hydrogen) atoms. The van der Waals surface area contributed by atoms with Gasteiger partial charge in [0.15, 0.2) is 0 Å². The smallest absolute Gasteiger partial charge is 0.295 e. The van der Waals surface area contributed by atoms with E-state index in [1.54, 1.807) is 24.5 Å². The number of nitrogens with one attached hydrogen (secondary N) is 1. The molecule has 0 unspecified atom stereocenters. The highest BCUT2D eigenvalue weighted by molar-refractivity contribution is 6.46. The first kappa shape index (κ1) is 18.7. The maximum atomic E-state index is 13.2. The average molecular weight is 370 g/mol. The van der Waals surface area contributed by atoms with Crippen molar-refractivity contribution in [1.29, 1.82) is 0 Å². The molecule has 1 aromatic heterocycles. The minimum absolute atomic E-state index is 0.00608. The van der Waals surface area contributed by atoms with E-state index in [-0.39, 0.29) is 16.9 Å². The van der Waals surface area contributed by atoms with Gasteiger partial charge in [-0.15, -0.1) is 0 Å². The molecule has 0 bridgehead atoms. The summed E-state index contributed by atoms with van der Waals surface area (Å²) in [5.74, 6) is -2.16. The van der Waals surface area contributed by atoms with Gasteiger partial charge >= 0.3 is 0 Å². The van der Waals surface area contributed by atoms with Crippen LogP contribution in [0.5, 0.6) is 0 Å². The van der Waals surface area contributed by atoms with E-state index in [4.69, 9.17) is 0 Å². The van der Waals surface area contributed by atoms with Gasteiger partial charge in [0.2, 0.25) is 0 Å². The number of amides is 1. The summed E-state index contributed by atoms with van der Waals surface area (Å²) in [5.41, 5.74) is 0.972. The van der Waals surface area contributed by atoms with Crippen molar-refractivity contribution in [2.24, 2.45) is 0 Å². The Kier molecular flexibility index (Phi) is 5.32. The second kappa shape index (κ2) is 7.67. The highest BCUT2D eigenvalue weighted by Gasteiger charge is 2.46. The quantitative estimate of drug-likeness (QED) is 0.464. The number of carbonyl (C=O) groups excluding carboxylic acids is 2. The molecule has 2 heterocycles. The van der Waals surface area contributed by atoms with Gasteiger partial charge in [0.25, 0.3) is 11.7 Å². The van der Waals surface area contributed by atoms with Crippen molar-refractivity contribution in [2.45, 2.75) is 6.04 Å². The average Bonchev–Trinajstić information content (AvgIpc) is 2.91. The maximum absolute atomic E-state index is 13.2. The molecule has 1 amide bonds. The molecule has 1 fully saturated rings. The van der Waals surface area contributed by atoms with E-state index in [1.165, 1.54) is 29.2 Å². The van der Waals surface area contributed by atoms with Crippen LogP contribution in [-0.4, -0.2) is 53.9 Å². The van der Waals surface area contributed by atoms with Crippen LogP contribution >= 0.6 is 0 Å². The van der Waals surface area contributed by atoms with Crippen molar-refractivity contribution in [2.75, 3.05) is 27.2 Å². The molecule has 1 saturated heterocycles. The first-order chi connectivity index (χ1) is 12.9. The van der Waals surface area contributed by atoms with Gasteiger partial charge in [-0.3, -0.25) is 14.6 Å². The summed E-state index contributed by atoms with van der Waals surface area (Å²) in [7, 11) is 3.91. The van der Waals surface area contributed by atoms with Crippen molar-refractivity contribution in [1.82, 2.24) is 9.88 Å². The third kappa shape index (κ3) is 3.73. The number of aromatic nitrogens is 1. The van der Waals surface area contributed by atoms with E-state index in [2.05, 4.69) is 4.98 Å². The number of Topliss-reactive ketones (excluding diaryl/α,β-unsaturated/α-hetero) is 1. The molecule has 2 aromatic rings.